The molecule has 0 fully saturated rings. The van der Waals surface area contributed by atoms with Crippen molar-refractivity contribution in [2.45, 2.75) is 19.4 Å². The molecule has 7 nitrogen and oxygen atoms in total. The lowest BCUT2D eigenvalue weighted by molar-refractivity contribution is -0.133. The summed E-state index contributed by atoms with van der Waals surface area (Å²) >= 11 is 0. The van der Waals surface area contributed by atoms with Crippen molar-refractivity contribution >= 4 is 29.1 Å². The predicted octanol–water partition coefficient (Wildman–Crippen LogP) is 2.29. The number of ether oxygens (including phenoxy) is 1. The summed E-state index contributed by atoms with van der Waals surface area (Å²) in [7, 11) is 1.57. The van der Waals surface area contributed by atoms with Gasteiger partial charge in [-0.15, -0.1) is 0 Å². The molecular formula is C21H23N3O4. The molecule has 28 heavy (non-hydrogen) atoms. The van der Waals surface area contributed by atoms with Crippen molar-refractivity contribution in [3.05, 3.63) is 54.6 Å². The molecule has 1 aliphatic heterocycles. The first-order valence-electron chi connectivity index (χ1n) is 9.11. The van der Waals surface area contributed by atoms with E-state index < -0.39 is 6.10 Å². The van der Waals surface area contributed by atoms with Crippen molar-refractivity contribution in [2.24, 2.45) is 0 Å². The zero-order valence-electron chi connectivity index (χ0n) is 15.9. The van der Waals surface area contributed by atoms with Gasteiger partial charge in [0.05, 0.1) is 12.2 Å². The Hall–Kier alpha value is -3.35. The Kier molecular flexibility index (Phi) is 5.93. The van der Waals surface area contributed by atoms with Crippen LogP contribution in [0.3, 0.4) is 0 Å². The molecule has 7 heteroatoms. The van der Waals surface area contributed by atoms with Crippen LogP contribution < -0.4 is 15.0 Å². The number of amides is 3. The molecule has 1 unspecified atom stereocenters. The summed E-state index contributed by atoms with van der Waals surface area (Å²) in [6, 6.07) is 16.3. The van der Waals surface area contributed by atoms with Gasteiger partial charge < -0.3 is 19.9 Å². The maximum atomic E-state index is 12.5. The number of anilines is 2. The van der Waals surface area contributed by atoms with Gasteiger partial charge >= 0.3 is 0 Å². The number of likely N-dealkylation sites (N-methyl/N-ethyl adjacent to an activating group) is 1. The highest BCUT2D eigenvalue weighted by molar-refractivity contribution is 6.00. The zero-order valence-corrected chi connectivity index (χ0v) is 15.9. The smallest absolute Gasteiger partial charge is 0.267 e. The number of rotatable bonds is 6. The molecule has 3 rings (SSSR count). The summed E-state index contributed by atoms with van der Waals surface area (Å²) in [6.45, 7) is 1.86. The molecule has 0 aliphatic carbocycles. The Balaban J connectivity index is 1.56. The van der Waals surface area contributed by atoms with Crippen molar-refractivity contribution in [1.29, 1.82) is 0 Å². The molecule has 1 aliphatic rings. The summed E-state index contributed by atoms with van der Waals surface area (Å²) in [5, 5.41) is 2.75. The van der Waals surface area contributed by atoms with E-state index in [0.717, 1.165) is 0 Å². The molecule has 0 radical (unpaired) electrons. The summed E-state index contributed by atoms with van der Waals surface area (Å²) in [4.78, 5) is 39.9. The minimum atomic E-state index is -0.598. The molecule has 3 amide bonds. The molecule has 146 valence electrons. The van der Waals surface area contributed by atoms with Crippen LogP contribution in [0.2, 0.25) is 0 Å². The average Bonchev–Trinajstić information content (AvgIpc) is 2.68. The third kappa shape index (κ3) is 4.49. The minimum Gasteiger partial charge on any atom is -0.479 e. The van der Waals surface area contributed by atoms with E-state index in [0.29, 0.717) is 17.1 Å². The molecule has 1 heterocycles. The summed E-state index contributed by atoms with van der Waals surface area (Å²) in [6.07, 6.45) is -0.485. The highest BCUT2D eigenvalue weighted by Gasteiger charge is 2.31. The van der Waals surface area contributed by atoms with E-state index in [1.54, 1.807) is 43.1 Å². The zero-order chi connectivity index (χ0) is 20.1. The van der Waals surface area contributed by atoms with Crippen molar-refractivity contribution in [1.82, 2.24) is 4.90 Å². The fraction of sp³-hybridized carbons (Fsp3) is 0.286. The Morgan fingerprint density at radius 2 is 1.79 bits per heavy atom. The highest BCUT2D eigenvalue weighted by atomic mass is 16.5. The second-order valence-corrected chi connectivity index (χ2v) is 6.63. The summed E-state index contributed by atoms with van der Waals surface area (Å²) < 4.78 is 5.60. The fourth-order valence-electron chi connectivity index (χ4n) is 3.01. The van der Waals surface area contributed by atoms with E-state index in [4.69, 9.17) is 4.74 Å². The molecule has 1 atom stereocenters. The van der Waals surface area contributed by atoms with Gasteiger partial charge in [0.1, 0.15) is 5.75 Å². The molecule has 2 aromatic rings. The van der Waals surface area contributed by atoms with Crippen LogP contribution in [-0.2, 0) is 14.4 Å². The Morgan fingerprint density at radius 1 is 1.11 bits per heavy atom. The number of nitrogens with one attached hydrogen (secondary N) is 1. The quantitative estimate of drug-likeness (QED) is 0.833. The van der Waals surface area contributed by atoms with Gasteiger partial charge in [0.25, 0.3) is 5.91 Å². The van der Waals surface area contributed by atoms with Crippen LogP contribution in [-0.4, -0.2) is 48.9 Å². The maximum Gasteiger partial charge on any atom is 0.267 e. The topological polar surface area (TPSA) is 79.0 Å². The third-order valence-corrected chi connectivity index (χ3v) is 4.49. The Morgan fingerprint density at radius 3 is 2.54 bits per heavy atom. The van der Waals surface area contributed by atoms with E-state index in [9.17, 15) is 14.4 Å². The van der Waals surface area contributed by atoms with Gasteiger partial charge in [0, 0.05) is 25.7 Å². The standard InChI is InChI=1S/C21H23N3O4/c1-15-21(27)24(17-10-6-7-11-18(17)28-15)13-12-20(26)23(2)14-19(25)22-16-8-4-3-5-9-16/h3-11,15H,12-14H2,1-2H3,(H,22,25). The SMILES string of the molecule is CC1Oc2ccccc2N(CCC(=O)N(C)CC(=O)Nc2ccccc2)C1=O. The van der Waals surface area contributed by atoms with Crippen molar-refractivity contribution in [2.75, 3.05) is 30.4 Å². The average molecular weight is 381 g/mol. The van der Waals surface area contributed by atoms with Crippen LogP contribution in [0.25, 0.3) is 0 Å². The number of para-hydroxylation sites is 3. The van der Waals surface area contributed by atoms with Crippen molar-refractivity contribution in [3.8, 4) is 5.75 Å². The van der Waals surface area contributed by atoms with Crippen LogP contribution in [0.4, 0.5) is 11.4 Å². The molecule has 1 N–H and O–H groups in total. The van der Waals surface area contributed by atoms with Crippen molar-refractivity contribution in [3.63, 3.8) is 0 Å². The summed E-state index contributed by atoms with van der Waals surface area (Å²) in [5.41, 5.74) is 1.33. The second kappa shape index (κ2) is 8.56. The predicted molar refractivity (Wildman–Crippen MR) is 106 cm³/mol. The van der Waals surface area contributed by atoms with Crippen LogP contribution in [0.15, 0.2) is 54.6 Å². The lowest BCUT2D eigenvalue weighted by atomic mass is 10.1. The van der Waals surface area contributed by atoms with Gasteiger partial charge in [-0.1, -0.05) is 30.3 Å². The number of carbonyl (C=O) groups is 3. The van der Waals surface area contributed by atoms with Crippen LogP contribution in [0, 0.1) is 0 Å². The fourth-order valence-corrected chi connectivity index (χ4v) is 3.01. The van der Waals surface area contributed by atoms with Crippen molar-refractivity contribution < 1.29 is 19.1 Å². The number of hydrogen-bond donors (Lipinski definition) is 1. The van der Waals surface area contributed by atoms with Gasteiger partial charge in [-0.25, -0.2) is 0 Å². The largest absolute Gasteiger partial charge is 0.479 e. The summed E-state index contributed by atoms with van der Waals surface area (Å²) in [5.74, 6) is -0.0512. The lowest BCUT2D eigenvalue weighted by Gasteiger charge is -2.33. The van der Waals surface area contributed by atoms with E-state index in [1.165, 1.54) is 4.90 Å². The lowest BCUT2D eigenvalue weighted by Crippen LogP contribution is -2.46. The van der Waals surface area contributed by atoms with E-state index in [2.05, 4.69) is 5.32 Å². The minimum absolute atomic E-state index is 0.0578. The van der Waals surface area contributed by atoms with E-state index in [1.807, 2.05) is 30.3 Å². The van der Waals surface area contributed by atoms with Crippen LogP contribution in [0.5, 0.6) is 5.75 Å². The number of fused-ring (bicyclic) bond motifs is 1. The van der Waals surface area contributed by atoms with Gasteiger partial charge in [0.15, 0.2) is 6.10 Å². The normalized spacial score (nSPS) is 15.4. The van der Waals surface area contributed by atoms with Gasteiger partial charge in [-0.3, -0.25) is 14.4 Å². The second-order valence-electron chi connectivity index (χ2n) is 6.63. The van der Waals surface area contributed by atoms with E-state index >= 15 is 0 Å². The Bertz CT molecular complexity index is 869. The van der Waals surface area contributed by atoms with Crippen LogP contribution >= 0.6 is 0 Å². The molecule has 0 bridgehead atoms. The molecule has 0 saturated carbocycles. The first-order valence-corrected chi connectivity index (χ1v) is 9.11. The number of hydrogen-bond acceptors (Lipinski definition) is 4. The first-order chi connectivity index (χ1) is 13.5. The van der Waals surface area contributed by atoms with Crippen LogP contribution in [0.1, 0.15) is 13.3 Å². The monoisotopic (exact) mass is 381 g/mol. The first kappa shape index (κ1) is 19.4. The third-order valence-electron chi connectivity index (χ3n) is 4.49. The van der Waals surface area contributed by atoms with Gasteiger partial charge in [-0.05, 0) is 31.2 Å². The Labute approximate surface area is 163 Å². The van der Waals surface area contributed by atoms with E-state index in [-0.39, 0.29) is 37.2 Å². The highest BCUT2D eigenvalue weighted by Crippen LogP contribution is 2.33. The van der Waals surface area contributed by atoms with Gasteiger partial charge in [-0.2, -0.15) is 0 Å². The molecule has 0 saturated heterocycles. The number of nitrogens with zero attached hydrogens (tertiary/aromatic N) is 2. The molecule has 2 aromatic carbocycles. The molecular weight excluding hydrogens is 358 g/mol. The number of benzene rings is 2. The molecule has 0 aromatic heterocycles. The van der Waals surface area contributed by atoms with Gasteiger partial charge in [0.2, 0.25) is 11.8 Å². The number of carbonyl (C=O) groups excluding carboxylic acids is 3. The maximum absolute atomic E-state index is 12.5. The molecule has 0 spiro atoms.